The molecule has 1 saturated carbocycles. The molecule has 0 N–H and O–H groups in total. The monoisotopic (exact) mass is 206 g/mol. The third-order valence-electron chi connectivity index (χ3n) is 2.66. The molecule has 2 atom stereocenters. The molecule has 0 aromatic rings. The molecule has 1 aliphatic carbocycles. The summed E-state index contributed by atoms with van der Waals surface area (Å²) < 4.78 is 0. The Kier molecular flexibility index (Phi) is 3.35. The Labute approximate surface area is 88.8 Å². The van der Waals surface area contributed by atoms with E-state index >= 15 is 0 Å². The van der Waals surface area contributed by atoms with Crippen molar-refractivity contribution in [2.45, 2.75) is 38.8 Å². The zero-order valence-corrected chi connectivity index (χ0v) is 8.99. The van der Waals surface area contributed by atoms with Crippen LogP contribution in [-0.4, -0.2) is 24.2 Å². The largest absolute Gasteiger partial charge is 0.235 e. The SMILES string of the molecule is C=C1CC(C)(C)CC(N=C=O)C1N=C=O. The summed E-state index contributed by atoms with van der Waals surface area (Å²) in [6.45, 7) is 8.03. The Balaban J connectivity index is 3.00. The molecular weight excluding hydrogens is 192 g/mol. The van der Waals surface area contributed by atoms with Gasteiger partial charge in [0.05, 0.1) is 6.04 Å². The predicted molar refractivity (Wildman–Crippen MR) is 56.0 cm³/mol. The van der Waals surface area contributed by atoms with Crippen molar-refractivity contribution in [1.29, 1.82) is 0 Å². The summed E-state index contributed by atoms with van der Waals surface area (Å²) >= 11 is 0. The van der Waals surface area contributed by atoms with Gasteiger partial charge < -0.3 is 0 Å². The summed E-state index contributed by atoms with van der Waals surface area (Å²) in [6.07, 6.45) is 4.53. The van der Waals surface area contributed by atoms with E-state index < -0.39 is 6.04 Å². The van der Waals surface area contributed by atoms with Crippen molar-refractivity contribution in [1.82, 2.24) is 0 Å². The predicted octanol–water partition coefficient (Wildman–Crippen LogP) is 1.77. The van der Waals surface area contributed by atoms with E-state index in [0.29, 0.717) is 6.42 Å². The van der Waals surface area contributed by atoms with Crippen molar-refractivity contribution < 1.29 is 9.59 Å². The lowest BCUT2D eigenvalue weighted by Gasteiger charge is -2.37. The van der Waals surface area contributed by atoms with Gasteiger partial charge >= 0.3 is 0 Å². The highest BCUT2D eigenvalue weighted by Gasteiger charge is 2.37. The van der Waals surface area contributed by atoms with Crippen LogP contribution in [0, 0.1) is 5.41 Å². The van der Waals surface area contributed by atoms with Gasteiger partial charge in [0.25, 0.3) is 0 Å². The number of nitrogens with zero attached hydrogens (tertiary/aromatic N) is 2. The van der Waals surface area contributed by atoms with Crippen LogP contribution in [0.1, 0.15) is 26.7 Å². The summed E-state index contributed by atoms with van der Waals surface area (Å²) in [7, 11) is 0. The van der Waals surface area contributed by atoms with Crippen LogP contribution in [0.5, 0.6) is 0 Å². The number of rotatable bonds is 2. The first-order valence-electron chi connectivity index (χ1n) is 4.82. The molecule has 1 fully saturated rings. The molecule has 0 saturated heterocycles. The third-order valence-corrected chi connectivity index (χ3v) is 2.66. The fourth-order valence-corrected chi connectivity index (χ4v) is 2.16. The van der Waals surface area contributed by atoms with Crippen LogP contribution in [0.3, 0.4) is 0 Å². The molecule has 1 aliphatic rings. The number of aliphatic imine (C=N–C) groups is 2. The Morgan fingerprint density at radius 1 is 1.33 bits per heavy atom. The van der Waals surface area contributed by atoms with Gasteiger partial charge in [-0.25, -0.2) is 9.59 Å². The van der Waals surface area contributed by atoms with Gasteiger partial charge in [-0.2, -0.15) is 9.98 Å². The van der Waals surface area contributed by atoms with Gasteiger partial charge in [0, 0.05) is 0 Å². The minimum absolute atomic E-state index is 0.0387. The van der Waals surface area contributed by atoms with Crippen LogP contribution < -0.4 is 0 Å². The fraction of sp³-hybridized carbons (Fsp3) is 0.636. The molecule has 4 nitrogen and oxygen atoms in total. The number of isocyanates is 2. The molecule has 15 heavy (non-hydrogen) atoms. The molecule has 0 spiro atoms. The second-order valence-electron chi connectivity index (χ2n) is 4.66. The van der Waals surface area contributed by atoms with Crippen LogP contribution in [0.15, 0.2) is 22.1 Å². The smallest absolute Gasteiger partial charge is 0.211 e. The lowest BCUT2D eigenvalue weighted by atomic mass is 9.71. The van der Waals surface area contributed by atoms with Crippen LogP contribution in [0.2, 0.25) is 0 Å². The van der Waals surface area contributed by atoms with Crippen LogP contribution in [0.4, 0.5) is 0 Å². The van der Waals surface area contributed by atoms with Crippen LogP contribution in [0.25, 0.3) is 0 Å². The van der Waals surface area contributed by atoms with Gasteiger partial charge in [0.15, 0.2) is 0 Å². The maximum absolute atomic E-state index is 10.3. The average Bonchev–Trinajstić information content (AvgIpc) is 2.10. The van der Waals surface area contributed by atoms with Crippen molar-refractivity contribution in [3.05, 3.63) is 12.2 Å². The topological polar surface area (TPSA) is 58.9 Å². The Morgan fingerprint density at radius 2 is 1.93 bits per heavy atom. The maximum Gasteiger partial charge on any atom is 0.235 e. The van der Waals surface area contributed by atoms with E-state index in [9.17, 15) is 9.59 Å². The normalized spacial score (nSPS) is 28.8. The van der Waals surface area contributed by atoms with Gasteiger partial charge in [-0.3, -0.25) is 0 Å². The summed E-state index contributed by atoms with van der Waals surface area (Å²) in [5.41, 5.74) is 0.871. The number of carbonyl (C=O) groups excluding carboxylic acids is 2. The fourth-order valence-electron chi connectivity index (χ4n) is 2.16. The molecule has 1 rings (SSSR count). The molecule has 80 valence electrons. The van der Waals surface area contributed by atoms with Gasteiger partial charge in [0.2, 0.25) is 12.2 Å². The van der Waals surface area contributed by atoms with Crippen molar-refractivity contribution in [3.63, 3.8) is 0 Å². The molecule has 0 aromatic carbocycles. The van der Waals surface area contributed by atoms with Gasteiger partial charge in [-0.15, -0.1) is 0 Å². The Morgan fingerprint density at radius 3 is 2.47 bits per heavy atom. The van der Waals surface area contributed by atoms with Crippen molar-refractivity contribution in [2.75, 3.05) is 0 Å². The molecule has 0 bridgehead atoms. The molecule has 0 amide bonds. The summed E-state index contributed by atoms with van der Waals surface area (Å²) in [5.74, 6) is 0. The average molecular weight is 206 g/mol. The molecule has 0 heterocycles. The molecule has 2 unspecified atom stereocenters. The Hall–Kier alpha value is -1.50. The number of hydrogen-bond donors (Lipinski definition) is 0. The minimum atomic E-state index is -0.406. The standard InChI is InChI=1S/C11H14N2O2/c1-8-4-11(2,3)5-9(12-6-14)10(8)13-7-15/h9-10H,1,4-5H2,2-3H3. The highest BCUT2D eigenvalue weighted by molar-refractivity contribution is 5.39. The quantitative estimate of drug-likeness (QED) is 0.392. The first kappa shape index (κ1) is 11.6. The second kappa shape index (κ2) is 4.35. The highest BCUT2D eigenvalue weighted by atomic mass is 16.1. The van der Waals surface area contributed by atoms with Gasteiger partial charge in [0.1, 0.15) is 6.04 Å². The van der Waals surface area contributed by atoms with E-state index in [1.165, 1.54) is 12.2 Å². The third kappa shape index (κ3) is 2.72. The Bertz CT molecular complexity index is 361. The van der Waals surface area contributed by atoms with Gasteiger partial charge in [-0.1, -0.05) is 20.4 Å². The lowest BCUT2D eigenvalue weighted by molar-refractivity contribution is 0.250. The molecular formula is C11H14N2O2. The first-order valence-corrected chi connectivity index (χ1v) is 4.82. The van der Waals surface area contributed by atoms with Crippen LogP contribution >= 0.6 is 0 Å². The molecule has 0 aromatic heterocycles. The van der Waals surface area contributed by atoms with Crippen molar-refractivity contribution in [2.24, 2.45) is 15.4 Å². The van der Waals surface area contributed by atoms with E-state index in [2.05, 4.69) is 30.4 Å². The van der Waals surface area contributed by atoms with Crippen LogP contribution in [-0.2, 0) is 9.59 Å². The maximum atomic E-state index is 10.3. The molecule has 0 radical (unpaired) electrons. The highest BCUT2D eigenvalue weighted by Crippen LogP contribution is 2.40. The second-order valence-corrected chi connectivity index (χ2v) is 4.66. The van der Waals surface area contributed by atoms with E-state index in [1.54, 1.807) is 0 Å². The van der Waals surface area contributed by atoms with E-state index in [-0.39, 0.29) is 11.5 Å². The van der Waals surface area contributed by atoms with Crippen molar-refractivity contribution >= 4 is 12.2 Å². The van der Waals surface area contributed by atoms with E-state index in [1.807, 2.05) is 0 Å². The zero-order chi connectivity index (χ0) is 11.5. The lowest BCUT2D eigenvalue weighted by Crippen LogP contribution is -2.37. The summed E-state index contributed by atoms with van der Waals surface area (Å²) in [4.78, 5) is 27.9. The first-order chi connectivity index (χ1) is 7.00. The molecule has 0 aliphatic heterocycles. The summed E-state index contributed by atoms with van der Waals surface area (Å²) in [5, 5.41) is 0. The van der Waals surface area contributed by atoms with Crippen molar-refractivity contribution in [3.8, 4) is 0 Å². The van der Waals surface area contributed by atoms with E-state index in [0.717, 1.165) is 12.0 Å². The molecule has 4 heteroatoms. The number of hydrogen-bond acceptors (Lipinski definition) is 4. The minimum Gasteiger partial charge on any atom is -0.211 e. The van der Waals surface area contributed by atoms with Gasteiger partial charge in [-0.05, 0) is 23.8 Å². The zero-order valence-electron chi connectivity index (χ0n) is 8.99. The summed E-state index contributed by atoms with van der Waals surface area (Å²) in [6, 6.07) is -0.725. The van der Waals surface area contributed by atoms with E-state index in [4.69, 9.17) is 0 Å².